The van der Waals surface area contributed by atoms with Crippen molar-refractivity contribution < 1.29 is 14.8 Å². The van der Waals surface area contributed by atoms with Gasteiger partial charge in [0.1, 0.15) is 0 Å². The summed E-state index contributed by atoms with van der Waals surface area (Å²) >= 11 is 0. The molecular formula is C14H20N2O4. The van der Waals surface area contributed by atoms with Crippen molar-refractivity contribution in [3.05, 3.63) is 33.9 Å². The van der Waals surface area contributed by atoms with Crippen LogP contribution in [0.1, 0.15) is 18.4 Å². The van der Waals surface area contributed by atoms with Crippen molar-refractivity contribution in [2.45, 2.75) is 25.9 Å². The number of nitrogens with zero attached hydrogens (tertiary/aromatic N) is 2. The van der Waals surface area contributed by atoms with E-state index in [0.717, 1.165) is 37.2 Å². The number of rotatable bonds is 5. The second kappa shape index (κ2) is 6.67. The number of ether oxygens (including phenoxy) is 1. The van der Waals surface area contributed by atoms with Gasteiger partial charge in [-0.05, 0) is 31.4 Å². The predicted molar refractivity (Wildman–Crippen MR) is 76.1 cm³/mol. The van der Waals surface area contributed by atoms with Crippen molar-refractivity contribution in [3.8, 4) is 0 Å². The van der Waals surface area contributed by atoms with E-state index in [1.54, 1.807) is 12.1 Å². The molecule has 1 aromatic carbocycles. The summed E-state index contributed by atoms with van der Waals surface area (Å²) in [6.45, 7) is 3.92. The lowest BCUT2D eigenvalue weighted by Gasteiger charge is -2.33. The first-order valence-electron chi connectivity index (χ1n) is 6.83. The Bertz CT molecular complexity index is 470. The number of hydrogen-bond donors (Lipinski definition) is 1. The van der Waals surface area contributed by atoms with Gasteiger partial charge in [0.15, 0.2) is 0 Å². The fourth-order valence-electron chi connectivity index (χ4n) is 2.53. The fourth-order valence-corrected chi connectivity index (χ4v) is 2.53. The van der Waals surface area contributed by atoms with Crippen molar-refractivity contribution >= 4 is 11.4 Å². The zero-order chi connectivity index (χ0) is 14.5. The van der Waals surface area contributed by atoms with Crippen LogP contribution in [0.5, 0.6) is 0 Å². The lowest BCUT2D eigenvalue weighted by atomic mass is 10.1. The topological polar surface area (TPSA) is 75.8 Å². The average Bonchev–Trinajstić information content (AvgIpc) is 2.45. The van der Waals surface area contributed by atoms with Crippen LogP contribution >= 0.6 is 0 Å². The van der Waals surface area contributed by atoms with Crippen LogP contribution in [-0.4, -0.2) is 42.4 Å². The predicted octanol–water partition coefficient (Wildman–Crippen LogP) is 1.88. The van der Waals surface area contributed by atoms with E-state index >= 15 is 0 Å². The Kier molecular flexibility index (Phi) is 4.92. The summed E-state index contributed by atoms with van der Waals surface area (Å²) in [5, 5.41) is 19.6. The number of aryl methyl sites for hydroxylation is 1. The first-order valence-corrected chi connectivity index (χ1v) is 6.83. The lowest BCUT2D eigenvalue weighted by molar-refractivity contribution is -0.384. The number of aliphatic hydroxyl groups excluding tert-OH is 1. The lowest BCUT2D eigenvalue weighted by Crippen LogP contribution is -2.37. The smallest absolute Gasteiger partial charge is 0.271 e. The molecule has 1 fully saturated rings. The zero-order valence-electron chi connectivity index (χ0n) is 11.6. The molecule has 1 aliphatic rings. The molecule has 20 heavy (non-hydrogen) atoms. The standard InChI is InChI=1S/C14H20N2O4/c1-11-8-12(10-13(9-11)16(18)19)15-4-2-14(3-5-15)20-7-6-17/h8-10,14,17H,2-7H2,1H3. The molecule has 0 aromatic heterocycles. The van der Waals surface area contributed by atoms with Crippen LogP contribution in [-0.2, 0) is 4.74 Å². The first kappa shape index (κ1) is 14.7. The highest BCUT2D eigenvalue weighted by Gasteiger charge is 2.21. The normalized spacial score (nSPS) is 16.4. The Morgan fingerprint density at radius 2 is 2.10 bits per heavy atom. The molecule has 0 radical (unpaired) electrons. The molecule has 110 valence electrons. The summed E-state index contributed by atoms with van der Waals surface area (Å²) < 4.78 is 5.52. The summed E-state index contributed by atoms with van der Waals surface area (Å²) in [5.41, 5.74) is 1.93. The third-order valence-corrected chi connectivity index (χ3v) is 3.51. The van der Waals surface area contributed by atoms with E-state index in [1.807, 2.05) is 13.0 Å². The van der Waals surface area contributed by atoms with E-state index in [0.29, 0.717) is 6.61 Å². The molecule has 1 N–H and O–H groups in total. The Hall–Kier alpha value is -1.66. The monoisotopic (exact) mass is 280 g/mol. The van der Waals surface area contributed by atoms with Gasteiger partial charge in [-0.1, -0.05) is 0 Å². The molecule has 1 aromatic rings. The minimum atomic E-state index is -0.354. The van der Waals surface area contributed by atoms with E-state index in [2.05, 4.69) is 4.90 Å². The molecule has 0 amide bonds. The Labute approximate surface area is 118 Å². The van der Waals surface area contributed by atoms with Crippen LogP contribution in [0.4, 0.5) is 11.4 Å². The summed E-state index contributed by atoms with van der Waals surface area (Å²) in [6, 6.07) is 5.18. The van der Waals surface area contributed by atoms with E-state index in [-0.39, 0.29) is 23.3 Å². The third kappa shape index (κ3) is 3.68. The van der Waals surface area contributed by atoms with Gasteiger partial charge >= 0.3 is 0 Å². The van der Waals surface area contributed by atoms with Gasteiger partial charge in [-0.2, -0.15) is 0 Å². The highest BCUT2D eigenvalue weighted by atomic mass is 16.6. The second-order valence-electron chi connectivity index (χ2n) is 5.06. The van der Waals surface area contributed by atoms with Crippen LogP contribution < -0.4 is 4.90 Å². The van der Waals surface area contributed by atoms with Crippen molar-refractivity contribution in [1.29, 1.82) is 0 Å². The minimum Gasteiger partial charge on any atom is -0.394 e. The molecule has 0 aliphatic carbocycles. The highest BCUT2D eigenvalue weighted by Crippen LogP contribution is 2.26. The Balaban J connectivity index is 2.01. The van der Waals surface area contributed by atoms with Crippen LogP contribution in [0.15, 0.2) is 18.2 Å². The van der Waals surface area contributed by atoms with Crippen molar-refractivity contribution in [1.82, 2.24) is 0 Å². The van der Waals surface area contributed by atoms with Gasteiger partial charge in [-0.3, -0.25) is 10.1 Å². The van der Waals surface area contributed by atoms with E-state index < -0.39 is 0 Å². The van der Waals surface area contributed by atoms with E-state index in [4.69, 9.17) is 9.84 Å². The number of benzene rings is 1. The number of non-ortho nitro benzene ring substituents is 1. The molecular weight excluding hydrogens is 260 g/mol. The first-order chi connectivity index (χ1) is 9.60. The van der Waals surface area contributed by atoms with E-state index in [9.17, 15) is 10.1 Å². The Morgan fingerprint density at radius 3 is 2.70 bits per heavy atom. The molecule has 2 rings (SSSR count). The number of hydrogen-bond acceptors (Lipinski definition) is 5. The summed E-state index contributed by atoms with van der Waals surface area (Å²) in [6.07, 6.45) is 1.93. The van der Waals surface area contributed by atoms with Crippen molar-refractivity contribution in [2.75, 3.05) is 31.2 Å². The zero-order valence-corrected chi connectivity index (χ0v) is 11.6. The van der Waals surface area contributed by atoms with Gasteiger partial charge in [-0.15, -0.1) is 0 Å². The molecule has 1 heterocycles. The Morgan fingerprint density at radius 1 is 1.40 bits per heavy atom. The van der Waals surface area contributed by atoms with Crippen LogP contribution in [0, 0.1) is 17.0 Å². The largest absolute Gasteiger partial charge is 0.394 e. The molecule has 0 bridgehead atoms. The van der Waals surface area contributed by atoms with Crippen LogP contribution in [0.3, 0.4) is 0 Å². The molecule has 0 spiro atoms. The molecule has 1 aliphatic heterocycles. The maximum absolute atomic E-state index is 10.9. The van der Waals surface area contributed by atoms with Gasteiger partial charge in [-0.25, -0.2) is 0 Å². The molecule has 0 unspecified atom stereocenters. The molecule has 6 heteroatoms. The van der Waals surface area contributed by atoms with Gasteiger partial charge in [0, 0.05) is 30.9 Å². The number of piperidine rings is 1. The average molecular weight is 280 g/mol. The van der Waals surface area contributed by atoms with Gasteiger partial charge in [0.2, 0.25) is 0 Å². The molecule has 6 nitrogen and oxygen atoms in total. The highest BCUT2D eigenvalue weighted by molar-refractivity contribution is 5.55. The number of nitro benzene ring substituents is 1. The summed E-state index contributed by atoms with van der Waals surface area (Å²) in [4.78, 5) is 12.7. The summed E-state index contributed by atoms with van der Waals surface area (Å²) in [5.74, 6) is 0. The molecule has 0 atom stereocenters. The number of nitro groups is 1. The second-order valence-corrected chi connectivity index (χ2v) is 5.06. The van der Waals surface area contributed by atoms with Gasteiger partial charge in [0.05, 0.1) is 24.2 Å². The minimum absolute atomic E-state index is 0.0459. The fraction of sp³-hybridized carbons (Fsp3) is 0.571. The quantitative estimate of drug-likeness (QED) is 0.658. The van der Waals surface area contributed by atoms with Gasteiger partial charge < -0.3 is 14.7 Å². The maximum Gasteiger partial charge on any atom is 0.271 e. The van der Waals surface area contributed by atoms with Gasteiger partial charge in [0.25, 0.3) is 5.69 Å². The van der Waals surface area contributed by atoms with E-state index in [1.165, 1.54) is 0 Å². The van der Waals surface area contributed by atoms with Crippen LogP contribution in [0.25, 0.3) is 0 Å². The van der Waals surface area contributed by atoms with Crippen molar-refractivity contribution in [2.24, 2.45) is 0 Å². The van der Waals surface area contributed by atoms with Crippen molar-refractivity contribution in [3.63, 3.8) is 0 Å². The number of anilines is 1. The summed E-state index contributed by atoms with van der Waals surface area (Å²) in [7, 11) is 0. The SMILES string of the molecule is Cc1cc(N2CCC(OCCO)CC2)cc([N+](=O)[O-])c1. The van der Waals surface area contributed by atoms with Crippen LogP contribution in [0.2, 0.25) is 0 Å². The maximum atomic E-state index is 10.9. The number of aliphatic hydroxyl groups is 1. The molecule has 0 saturated carbocycles. The molecule has 1 saturated heterocycles. The third-order valence-electron chi connectivity index (χ3n) is 3.51.